The van der Waals surface area contributed by atoms with Gasteiger partial charge in [0.15, 0.2) is 5.78 Å². The molecule has 4 rings (SSSR count). The van der Waals surface area contributed by atoms with Crippen molar-refractivity contribution in [3.63, 3.8) is 0 Å². The zero-order valence-corrected chi connectivity index (χ0v) is 12.5. The van der Waals surface area contributed by atoms with Gasteiger partial charge in [0, 0.05) is 35.2 Å². The number of anilines is 1. The standard InChI is InChI=1S/C17H14F2N2O2/c1-8-14-15(10-6-5-9(18)7-11(10)19)16-12(3-2-4-13(16)22)20-17(14)23-21-8/h5-7,15,20H,2-4H2,1H3/t15-/m1/s1. The molecule has 2 heterocycles. The average Bonchev–Trinajstić information content (AvgIpc) is 2.87. The summed E-state index contributed by atoms with van der Waals surface area (Å²) in [6.07, 6.45) is 1.87. The zero-order chi connectivity index (χ0) is 16.1. The largest absolute Gasteiger partial charge is 0.338 e. The van der Waals surface area contributed by atoms with E-state index in [1.807, 2.05) is 0 Å². The number of ketones is 1. The monoisotopic (exact) mass is 316 g/mol. The summed E-state index contributed by atoms with van der Waals surface area (Å²) in [5.41, 5.74) is 2.79. The lowest BCUT2D eigenvalue weighted by Crippen LogP contribution is -2.27. The van der Waals surface area contributed by atoms with Gasteiger partial charge in [-0.15, -0.1) is 0 Å². The first-order chi connectivity index (χ1) is 11.1. The second kappa shape index (κ2) is 5.01. The third-order valence-electron chi connectivity index (χ3n) is 4.48. The van der Waals surface area contributed by atoms with Gasteiger partial charge in [0.1, 0.15) is 11.6 Å². The molecule has 0 unspecified atom stereocenters. The Morgan fingerprint density at radius 1 is 1.30 bits per heavy atom. The predicted molar refractivity (Wildman–Crippen MR) is 78.9 cm³/mol. The van der Waals surface area contributed by atoms with Crippen LogP contribution < -0.4 is 5.32 Å². The lowest BCUT2D eigenvalue weighted by Gasteiger charge is -2.31. The normalized spacial score (nSPS) is 20.1. The van der Waals surface area contributed by atoms with Gasteiger partial charge in [-0.2, -0.15) is 0 Å². The molecule has 0 fully saturated rings. The van der Waals surface area contributed by atoms with Crippen molar-refractivity contribution in [2.45, 2.75) is 32.1 Å². The molecule has 0 radical (unpaired) electrons. The van der Waals surface area contributed by atoms with Gasteiger partial charge in [-0.05, 0) is 25.8 Å². The van der Waals surface area contributed by atoms with E-state index in [0.717, 1.165) is 18.2 Å². The lowest BCUT2D eigenvalue weighted by atomic mass is 9.76. The van der Waals surface area contributed by atoms with E-state index in [1.54, 1.807) is 6.92 Å². The molecule has 1 aliphatic carbocycles. The smallest absolute Gasteiger partial charge is 0.233 e. The van der Waals surface area contributed by atoms with Crippen LogP contribution in [0.25, 0.3) is 0 Å². The van der Waals surface area contributed by atoms with Crippen LogP contribution >= 0.6 is 0 Å². The molecule has 0 bridgehead atoms. The van der Waals surface area contributed by atoms with Gasteiger partial charge in [0.25, 0.3) is 0 Å². The van der Waals surface area contributed by atoms with Crippen LogP contribution in [0.3, 0.4) is 0 Å². The molecular formula is C17H14F2N2O2. The number of hydrogen-bond donors (Lipinski definition) is 1. The first-order valence-corrected chi connectivity index (χ1v) is 7.50. The SMILES string of the molecule is Cc1noc2c1[C@@H](c1ccc(F)cc1F)C1=C(CCCC1=O)N2. The number of benzene rings is 1. The van der Waals surface area contributed by atoms with E-state index in [1.165, 1.54) is 12.1 Å². The Kier molecular flexibility index (Phi) is 3.07. The summed E-state index contributed by atoms with van der Waals surface area (Å²) in [5, 5.41) is 7.05. The Labute approximate surface area is 131 Å². The first-order valence-electron chi connectivity index (χ1n) is 7.50. The fraction of sp³-hybridized carbons (Fsp3) is 0.294. The minimum Gasteiger partial charge on any atom is -0.338 e. The third kappa shape index (κ3) is 2.09. The van der Waals surface area contributed by atoms with Gasteiger partial charge in [-0.1, -0.05) is 11.2 Å². The number of aromatic nitrogens is 1. The maximum Gasteiger partial charge on any atom is 0.233 e. The minimum absolute atomic E-state index is 0.0151. The average molecular weight is 316 g/mol. The molecule has 118 valence electrons. The van der Waals surface area contributed by atoms with Gasteiger partial charge < -0.3 is 9.84 Å². The summed E-state index contributed by atoms with van der Waals surface area (Å²) in [7, 11) is 0. The molecule has 0 saturated heterocycles. The Bertz CT molecular complexity index is 854. The van der Waals surface area contributed by atoms with E-state index < -0.39 is 17.6 Å². The summed E-state index contributed by atoms with van der Waals surface area (Å²) in [4.78, 5) is 12.5. The number of fused-ring (bicyclic) bond motifs is 1. The maximum atomic E-state index is 14.4. The fourth-order valence-electron chi connectivity index (χ4n) is 3.46. The molecule has 1 atom stereocenters. The third-order valence-corrected chi connectivity index (χ3v) is 4.48. The molecule has 6 heteroatoms. The van der Waals surface area contributed by atoms with Gasteiger partial charge in [0.2, 0.25) is 5.88 Å². The second-order valence-corrected chi connectivity index (χ2v) is 5.90. The van der Waals surface area contributed by atoms with E-state index >= 15 is 0 Å². The van der Waals surface area contributed by atoms with Crippen LogP contribution in [0, 0.1) is 18.6 Å². The van der Waals surface area contributed by atoms with Crippen LogP contribution in [0.2, 0.25) is 0 Å². The maximum absolute atomic E-state index is 14.4. The van der Waals surface area contributed by atoms with Crippen LogP contribution in [-0.2, 0) is 4.79 Å². The van der Waals surface area contributed by atoms with Crippen molar-refractivity contribution in [3.8, 4) is 0 Å². The van der Waals surface area contributed by atoms with Crippen LogP contribution in [0.1, 0.15) is 42.0 Å². The molecule has 1 aromatic carbocycles. The van der Waals surface area contributed by atoms with Crippen LogP contribution in [-0.4, -0.2) is 10.9 Å². The van der Waals surface area contributed by atoms with Gasteiger partial charge in [-0.25, -0.2) is 8.78 Å². The molecule has 1 N–H and O–H groups in total. The summed E-state index contributed by atoms with van der Waals surface area (Å²) in [5.74, 6) is -1.51. The molecule has 0 saturated carbocycles. The molecule has 0 spiro atoms. The lowest BCUT2D eigenvalue weighted by molar-refractivity contribution is -0.116. The summed E-state index contributed by atoms with van der Waals surface area (Å²) < 4.78 is 33.0. The van der Waals surface area contributed by atoms with Crippen molar-refractivity contribution in [1.29, 1.82) is 0 Å². The van der Waals surface area contributed by atoms with Crippen LogP contribution in [0.5, 0.6) is 0 Å². The molecule has 4 nitrogen and oxygen atoms in total. The van der Waals surface area contributed by atoms with Crippen LogP contribution in [0.4, 0.5) is 14.7 Å². The van der Waals surface area contributed by atoms with Crippen molar-refractivity contribution in [2.24, 2.45) is 0 Å². The molecule has 2 aliphatic rings. The molecular weight excluding hydrogens is 302 g/mol. The number of nitrogens with zero attached hydrogens (tertiary/aromatic N) is 1. The van der Waals surface area contributed by atoms with Crippen molar-refractivity contribution in [1.82, 2.24) is 5.16 Å². The Morgan fingerprint density at radius 3 is 2.91 bits per heavy atom. The quantitative estimate of drug-likeness (QED) is 0.869. The number of carbonyl (C=O) groups is 1. The van der Waals surface area contributed by atoms with E-state index in [0.29, 0.717) is 35.6 Å². The number of Topliss-reactive ketones (excluding diaryl/α,β-unsaturated/α-hetero) is 1. The Morgan fingerprint density at radius 2 is 2.13 bits per heavy atom. The second-order valence-electron chi connectivity index (χ2n) is 5.90. The number of aryl methyl sites for hydroxylation is 1. The predicted octanol–water partition coefficient (Wildman–Crippen LogP) is 3.83. The van der Waals surface area contributed by atoms with Crippen molar-refractivity contribution >= 4 is 11.7 Å². The highest BCUT2D eigenvalue weighted by molar-refractivity contribution is 6.00. The van der Waals surface area contributed by atoms with E-state index in [9.17, 15) is 13.6 Å². The molecule has 0 amide bonds. The molecule has 23 heavy (non-hydrogen) atoms. The number of allylic oxidation sites excluding steroid dienone is 2. The van der Waals surface area contributed by atoms with E-state index in [4.69, 9.17) is 4.52 Å². The van der Waals surface area contributed by atoms with Crippen molar-refractivity contribution in [2.75, 3.05) is 5.32 Å². The van der Waals surface area contributed by atoms with Crippen molar-refractivity contribution < 1.29 is 18.1 Å². The zero-order valence-electron chi connectivity index (χ0n) is 12.5. The summed E-state index contributed by atoms with van der Waals surface area (Å²) in [6, 6.07) is 3.44. The highest BCUT2D eigenvalue weighted by Crippen LogP contribution is 2.47. The van der Waals surface area contributed by atoms with Crippen LogP contribution in [0.15, 0.2) is 34.0 Å². The van der Waals surface area contributed by atoms with E-state index in [2.05, 4.69) is 10.5 Å². The minimum atomic E-state index is -0.673. The summed E-state index contributed by atoms with van der Waals surface area (Å²) in [6.45, 7) is 1.75. The van der Waals surface area contributed by atoms with Gasteiger partial charge >= 0.3 is 0 Å². The van der Waals surface area contributed by atoms with Crippen molar-refractivity contribution in [3.05, 3.63) is 57.9 Å². The number of halogens is 2. The fourth-order valence-corrected chi connectivity index (χ4v) is 3.46. The Hall–Kier alpha value is -2.50. The Balaban J connectivity index is 1.98. The highest BCUT2D eigenvalue weighted by atomic mass is 19.1. The first kappa shape index (κ1) is 14.1. The topological polar surface area (TPSA) is 55.1 Å². The van der Waals surface area contributed by atoms with E-state index in [-0.39, 0.29) is 11.3 Å². The number of carbonyl (C=O) groups excluding carboxylic acids is 1. The molecule has 1 aliphatic heterocycles. The van der Waals surface area contributed by atoms with Gasteiger partial charge in [0.05, 0.1) is 11.3 Å². The molecule has 2 aromatic rings. The number of nitrogens with one attached hydrogen (secondary N) is 1. The summed E-state index contributed by atoms with van der Waals surface area (Å²) >= 11 is 0. The highest BCUT2D eigenvalue weighted by Gasteiger charge is 2.39. The number of rotatable bonds is 1. The van der Waals surface area contributed by atoms with Gasteiger partial charge in [-0.3, -0.25) is 4.79 Å². The number of hydrogen-bond acceptors (Lipinski definition) is 4. The molecule has 1 aromatic heterocycles.